The van der Waals surface area contributed by atoms with Gasteiger partial charge in [-0.3, -0.25) is 0 Å². The third-order valence-corrected chi connectivity index (χ3v) is 3.24. The van der Waals surface area contributed by atoms with Crippen molar-refractivity contribution in [2.24, 2.45) is 0 Å². The van der Waals surface area contributed by atoms with Crippen LogP contribution in [0, 0.1) is 6.92 Å². The number of aryl methyl sites for hydroxylation is 2. The van der Waals surface area contributed by atoms with Crippen LogP contribution in [0.15, 0.2) is 42.5 Å². The first kappa shape index (κ1) is 13.7. The van der Waals surface area contributed by atoms with E-state index in [1.807, 2.05) is 31.2 Å². The molecule has 0 unspecified atom stereocenters. The van der Waals surface area contributed by atoms with Crippen molar-refractivity contribution in [3.8, 4) is 11.1 Å². The molecule has 0 heterocycles. The second-order valence-corrected chi connectivity index (χ2v) is 4.54. The third kappa shape index (κ3) is 2.80. The maximum absolute atomic E-state index is 12.6. The Hall–Kier alpha value is -1.77. The average Bonchev–Trinajstić information content (AvgIpc) is 2.37. The molecule has 0 aliphatic carbocycles. The van der Waals surface area contributed by atoms with E-state index in [1.165, 1.54) is 6.07 Å². The van der Waals surface area contributed by atoms with Crippen LogP contribution in [-0.2, 0) is 12.6 Å². The van der Waals surface area contributed by atoms with Gasteiger partial charge >= 0.3 is 6.18 Å². The normalized spacial score (nSPS) is 11.6. The Morgan fingerprint density at radius 2 is 1.63 bits per heavy atom. The van der Waals surface area contributed by atoms with E-state index in [9.17, 15) is 13.2 Å². The summed E-state index contributed by atoms with van der Waals surface area (Å²) < 4.78 is 37.9. The molecule has 0 bridgehead atoms. The molecule has 2 aromatic carbocycles. The Morgan fingerprint density at radius 3 is 2.21 bits per heavy atom. The molecule has 0 nitrogen and oxygen atoms in total. The molecule has 3 heteroatoms. The molecule has 0 spiro atoms. The number of alkyl halides is 3. The minimum atomic E-state index is -4.28. The highest BCUT2D eigenvalue weighted by molar-refractivity contribution is 5.71. The first-order valence-electron chi connectivity index (χ1n) is 6.19. The summed E-state index contributed by atoms with van der Waals surface area (Å²) in [6.07, 6.45) is -3.43. The lowest BCUT2D eigenvalue weighted by atomic mass is 9.93. The van der Waals surface area contributed by atoms with Crippen LogP contribution < -0.4 is 0 Å². The van der Waals surface area contributed by atoms with Crippen LogP contribution in [0.5, 0.6) is 0 Å². The maximum atomic E-state index is 12.6. The van der Waals surface area contributed by atoms with Crippen molar-refractivity contribution in [3.63, 3.8) is 0 Å². The molecule has 0 atom stereocenters. The van der Waals surface area contributed by atoms with Gasteiger partial charge < -0.3 is 0 Å². The predicted octanol–water partition coefficient (Wildman–Crippen LogP) is 5.24. The van der Waals surface area contributed by atoms with Gasteiger partial charge in [-0.05, 0) is 47.7 Å². The van der Waals surface area contributed by atoms with Gasteiger partial charge in [0.15, 0.2) is 0 Å². The number of hydrogen-bond acceptors (Lipinski definition) is 0. The second kappa shape index (κ2) is 5.08. The van der Waals surface area contributed by atoms with E-state index in [0.717, 1.165) is 29.2 Å². The molecule has 0 radical (unpaired) electrons. The van der Waals surface area contributed by atoms with Crippen molar-refractivity contribution in [2.75, 3.05) is 0 Å². The van der Waals surface area contributed by atoms with E-state index in [0.29, 0.717) is 5.56 Å². The minimum absolute atomic E-state index is 0.595. The fourth-order valence-corrected chi connectivity index (χ4v) is 2.23. The summed E-state index contributed by atoms with van der Waals surface area (Å²) in [4.78, 5) is 0. The van der Waals surface area contributed by atoms with Gasteiger partial charge in [0.25, 0.3) is 0 Å². The van der Waals surface area contributed by atoms with Gasteiger partial charge in [0.05, 0.1) is 5.56 Å². The number of rotatable bonds is 2. The van der Waals surface area contributed by atoms with Gasteiger partial charge in [0.2, 0.25) is 0 Å². The number of halogens is 3. The molecule has 2 aromatic rings. The summed E-state index contributed by atoms with van der Waals surface area (Å²) >= 11 is 0. The molecule has 19 heavy (non-hydrogen) atoms. The fourth-order valence-electron chi connectivity index (χ4n) is 2.23. The zero-order valence-electron chi connectivity index (χ0n) is 10.9. The fraction of sp³-hybridized carbons (Fsp3) is 0.250. The Morgan fingerprint density at radius 1 is 0.947 bits per heavy atom. The van der Waals surface area contributed by atoms with Crippen LogP contribution in [0.4, 0.5) is 13.2 Å². The summed E-state index contributed by atoms with van der Waals surface area (Å²) in [7, 11) is 0. The van der Waals surface area contributed by atoms with Crippen LogP contribution in [0.2, 0.25) is 0 Å². The van der Waals surface area contributed by atoms with Crippen LogP contribution >= 0.6 is 0 Å². The van der Waals surface area contributed by atoms with Crippen molar-refractivity contribution in [3.05, 3.63) is 59.2 Å². The molecule has 0 aliphatic rings. The molecule has 2 rings (SSSR count). The van der Waals surface area contributed by atoms with Crippen molar-refractivity contribution in [2.45, 2.75) is 26.4 Å². The van der Waals surface area contributed by atoms with Crippen LogP contribution in [0.3, 0.4) is 0 Å². The second-order valence-electron chi connectivity index (χ2n) is 4.54. The summed E-state index contributed by atoms with van der Waals surface area (Å²) in [5.41, 5.74) is 3.07. The number of hydrogen-bond donors (Lipinski definition) is 0. The van der Waals surface area contributed by atoms with Crippen LogP contribution in [0.1, 0.15) is 23.6 Å². The number of benzene rings is 2. The quantitative estimate of drug-likeness (QED) is 0.695. The molecule has 0 N–H and O–H groups in total. The predicted molar refractivity (Wildman–Crippen MR) is 71.0 cm³/mol. The lowest BCUT2D eigenvalue weighted by Crippen LogP contribution is -2.05. The standard InChI is InChI=1S/C16H15F3/c1-3-12-6-4-5-7-15(12)14-9-8-13(10-11(14)2)16(17,18)19/h4-10H,3H2,1-2H3. The van der Waals surface area contributed by atoms with E-state index >= 15 is 0 Å². The van der Waals surface area contributed by atoms with Gasteiger partial charge in [0, 0.05) is 0 Å². The zero-order valence-corrected chi connectivity index (χ0v) is 10.9. The molecule has 0 aliphatic heterocycles. The smallest absolute Gasteiger partial charge is 0.166 e. The van der Waals surface area contributed by atoms with E-state index in [2.05, 4.69) is 0 Å². The highest BCUT2D eigenvalue weighted by Gasteiger charge is 2.30. The summed E-state index contributed by atoms with van der Waals surface area (Å²) in [6, 6.07) is 11.7. The first-order valence-corrected chi connectivity index (χ1v) is 6.19. The monoisotopic (exact) mass is 264 g/mol. The molecule has 100 valence electrons. The highest BCUT2D eigenvalue weighted by Crippen LogP contribution is 2.34. The van der Waals surface area contributed by atoms with Crippen molar-refractivity contribution in [1.82, 2.24) is 0 Å². The van der Waals surface area contributed by atoms with Crippen molar-refractivity contribution < 1.29 is 13.2 Å². The SMILES string of the molecule is CCc1ccccc1-c1ccc(C(F)(F)F)cc1C. The van der Waals surface area contributed by atoms with E-state index in [-0.39, 0.29) is 0 Å². The molecule has 0 saturated heterocycles. The van der Waals surface area contributed by atoms with Crippen LogP contribution in [0.25, 0.3) is 11.1 Å². The van der Waals surface area contributed by atoms with Crippen molar-refractivity contribution >= 4 is 0 Å². The van der Waals surface area contributed by atoms with Crippen LogP contribution in [-0.4, -0.2) is 0 Å². The van der Waals surface area contributed by atoms with Gasteiger partial charge in [-0.15, -0.1) is 0 Å². The average molecular weight is 264 g/mol. The zero-order chi connectivity index (χ0) is 14.0. The lowest BCUT2D eigenvalue weighted by Gasteiger charge is -2.13. The van der Waals surface area contributed by atoms with Gasteiger partial charge in [-0.2, -0.15) is 13.2 Å². The Labute approximate surface area is 110 Å². The molecular weight excluding hydrogens is 249 g/mol. The van der Waals surface area contributed by atoms with Gasteiger partial charge in [-0.25, -0.2) is 0 Å². The summed E-state index contributed by atoms with van der Waals surface area (Å²) in [5.74, 6) is 0. The molecule has 0 saturated carbocycles. The third-order valence-electron chi connectivity index (χ3n) is 3.24. The summed E-state index contributed by atoms with van der Waals surface area (Å²) in [5, 5.41) is 0. The topological polar surface area (TPSA) is 0 Å². The van der Waals surface area contributed by atoms with E-state index in [1.54, 1.807) is 13.0 Å². The molecule has 0 fully saturated rings. The Kier molecular flexibility index (Phi) is 3.65. The molecule has 0 amide bonds. The van der Waals surface area contributed by atoms with Crippen molar-refractivity contribution in [1.29, 1.82) is 0 Å². The van der Waals surface area contributed by atoms with Gasteiger partial charge in [-0.1, -0.05) is 37.3 Å². The van der Waals surface area contributed by atoms with E-state index in [4.69, 9.17) is 0 Å². The summed E-state index contributed by atoms with van der Waals surface area (Å²) in [6.45, 7) is 3.76. The maximum Gasteiger partial charge on any atom is 0.416 e. The van der Waals surface area contributed by atoms with E-state index < -0.39 is 11.7 Å². The first-order chi connectivity index (χ1) is 8.93. The highest BCUT2D eigenvalue weighted by atomic mass is 19.4. The minimum Gasteiger partial charge on any atom is -0.166 e. The largest absolute Gasteiger partial charge is 0.416 e. The molecular formula is C16H15F3. The Bertz CT molecular complexity index is 583. The lowest BCUT2D eigenvalue weighted by molar-refractivity contribution is -0.137. The van der Waals surface area contributed by atoms with Gasteiger partial charge in [0.1, 0.15) is 0 Å². The Balaban J connectivity index is 2.53. The molecule has 0 aromatic heterocycles.